The van der Waals surface area contributed by atoms with Gasteiger partial charge in [0, 0.05) is 44.9 Å². The minimum Gasteiger partial charge on any atom is -0.389 e. The van der Waals surface area contributed by atoms with Crippen molar-refractivity contribution in [2.75, 3.05) is 45.9 Å². The van der Waals surface area contributed by atoms with Crippen LogP contribution in [0.5, 0.6) is 0 Å². The number of ether oxygens (including phenoxy) is 1. The molecule has 1 fully saturated rings. The third-order valence-corrected chi connectivity index (χ3v) is 3.74. The second-order valence-electron chi connectivity index (χ2n) is 6.54. The molecule has 0 aliphatic carbocycles. The van der Waals surface area contributed by atoms with Gasteiger partial charge in [0.2, 0.25) is 0 Å². The highest BCUT2D eigenvalue weighted by Crippen LogP contribution is 2.15. The lowest BCUT2D eigenvalue weighted by atomic mass is 10.0. The summed E-state index contributed by atoms with van der Waals surface area (Å²) < 4.78 is 5.47. The lowest BCUT2D eigenvalue weighted by Crippen LogP contribution is -2.54. The average molecular weight is 272 g/mol. The minimum atomic E-state index is -0.349. The average Bonchev–Trinajstić information content (AvgIpc) is 2.34. The molecule has 0 aromatic rings. The molecule has 0 aromatic heterocycles. The molecule has 4 heteroatoms. The molecular weight excluding hydrogens is 240 g/mol. The number of unbranched alkanes of at least 4 members (excludes halogenated alkanes) is 1. The van der Waals surface area contributed by atoms with Crippen molar-refractivity contribution in [1.82, 2.24) is 9.80 Å². The Kier molecular flexibility index (Phi) is 7.29. The highest BCUT2D eigenvalue weighted by Gasteiger charge is 2.26. The molecule has 1 saturated heterocycles. The highest BCUT2D eigenvalue weighted by atomic mass is 16.5. The number of rotatable bonds is 7. The van der Waals surface area contributed by atoms with Gasteiger partial charge in [0.15, 0.2) is 0 Å². The molecule has 0 amide bonds. The normalized spacial score (nSPS) is 20.7. The fourth-order valence-electron chi connectivity index (χ4n) is 2.42. The summed E-state index contributed by atoms with van der Waals surface area (Å²) in [6, 6.07) is 0. The summed E-state index contributed by atoms with van der Waals surface area (Å²) in [4.78, 5) is 4.85. The van der Waals surface area contributed by atoms with E-state index >= 15 is 0 Å². The zero-order chi connectivity index (χ0) is 14.3. The van der Waals surface area contributed by atoms with Gasteiger partial charge in [0.05, 0.1) is 12.7 Å². The molecule has 19 heavy (non-hydrogen) atoms. The van der Waals surface area contributed by atoms with Crippen molar-refractivity contribution in [3.05, 3.63) is 0 Å². The molecule has 0 saturated carbocycles. The molecule has 1 aliphatic heterocycles. The Hall–Kier alpha value is -0.160. The second-order valence-corrected chi connectivity index (χ2v) is 6.54. The van der Waals surface area contributed by atoms with Gasteiger partial charge in [-0.15, -0.1) is 0 Å². The van der Waals surface area contributed by atoms with Gasteiger partial charge in [-0.05, 0) is 27.2 Å². The number of nitrogens with zero attached hydrogens (tertiary/aromatic N) is 2. The third-order valence-electron chi connectivity index (χ3n) is 3.74. The van der Waals surface area contributed by atoms with E-state index in [9.17, 15) is 5.11 Å². The maximum absolute atomic E-state index is 9.95. The van der Waals surface area contributed by atoms with Crippen LogP contribution in [0.15, 0.2) is 0 Å². The van der Waals surface area contributed by atoms with Gasteiger partial charge in [-0.1, -0.05) is 13.3 Å². The molecule has 0 spiro atoms. The lowest BCUT2D eigenvalue weighted by molar-refractivity contribution is -0.00289. The fourth-order valence-corrected chi connectivity index (χ4v) is 2.42. The van der Waals surface area contributed by atoms with Gasteiger partial charge >= 0.3 is 0 Å². The van der Waals surface area contributed by atoms with E-state index in [1.54, 1.807) is 0 Å². The Morgan fingerprint density at radius 2 is 1.79 bits per heavy atom. The van der Waals surface area contributed by atoms with Gasteiger partial charge in [-0.25, -0.2) is 0 Å². The molecule has 4 nitrogen and oxygen atoms in total. The van der Waals surface area contributed by atoms with Crippen LogP contribution in [0.3, 0.4) is 0 Å². The van der Waals surface area contributed by atoms with Crippen molar-refractivity contribution in [3.8, 4) is 0 Å². The van der Waals surface area contributed by atoms with Crippen molar-refractivity contribution in [2.24, 2.45) is 0 Å². The number of hydrogen-bond acceptors (Lipinski definition) is 4. The summed E-state index contributed by atoms with van der Waals surface area (Å²) in [7, 11) is 0. The van der Waals surface area contributed by atoms with E-state index in [1.165, 1.54) is 0 Å². The molecule has 1 rings (SSSR count). The molecule has 114 valence electrons. The minimum absolute atomic E-state index is 0.258. The first kappa shape index (κ1) is 16.9. The summed E-state index contributed by atoms with van der Waals surface area (Å²) in [5, 5.41) is 9.95. The Bertz CT molecular complexity index is 233. The molecular formula is C15H32N2O2. The number of aliphatic hydroxyl groups excluding tert-OH is 1. The van der Waals surface area contributed by atoms with E-state index in [2.05, 4.69) is 37.5 Å². The van der Waals surface area contributed by atoms with E-state index in [0.29, 0.717) is 6.61 Å². The van der Waals surface area contributed by atoms with E-state index < -0.39 is 0 Å². The first-order valence-electron chi connectivity index (χ1n) is 7.66. The van der Waals surface area contributed by atoms with Crippen LogP contribution in [-0.2, 0) is 4.74 Å². The SMILES string of the molecule is CCCCOCC(O)CN1CCN(C(C)(C)C)CC1. The van der Waals surface area contributed by atoms with Gasteiger partial charge < -0.3 is 9.84 Å². The predicted molar refractivity (Wildman–Crippen MR) is 79.5 cm³/mol. The summed E-state index contributed by atoms with van der Waals surface area (Å²) in [6.07, 6.45) is 1.88. The van der Waals surface area contributed by atoms with Gasteiger partial charge in [0.25, 0.3) is 0 Å². The van der Waals surface area contributed by atoms with Crippen molar-refractivity contribution in [3.63, 3.8) is 0 Å². The van der Waals surface area contributed by atoms with Crippen LogP contribution < -0.4 is 0 Å². The number of β-amino-alcohol motifs (C(OH)–C–C–N with tert-alkyl or cyclic N) is 1. The predicted octanol–water partition coefficient (Wildman–Crippen LogP) is 1.58. The van der Waals surface area contributed by atoms with Crippen molar-refractivity contribution in [1.29, 1.82) is 0 Å². The maximum Gasteiger partial charge on any atom is 0.0900 e. The van der Waals surface area contributed by atoms with Gasteiger partial charge in [-0.2, -0.15) is 0 Å². The van der Waals surface area contributed by atoms with Crippen molar-refractivity contribution >= 4 is 0 Å². The van der Waals surface area contributed by atoms with Crippen LogP contribution in [0.25, 0.3) is 0 Å². The molecule has 0 bridgehead atoms. The van der Waals surface area contributed by atoms with Crippen molar-refractivity contribution in [2.45, 2.75) is 52.2 Å². The summed E-state index contributed by atoms with van der Waals surface area (Å²) in [5.41, 5.74) is 0.258. The number of aliphatic hydroxyl groups is 1. The Balaban J connectivity index is 2.14. The second kappa shape index (κ2) is 8.20. The Morgan fingerprint density at radius 1 is 1.16 bits per heavy atom. The molecule has 1 atom stereocenters. The molecule has 1 heterocycles. The maximum atomic E-state index is 9.95. The molecule has 0 aromatic carbocycles. The highest BCUT2D eigenvalue weighted by molar-refractivity contribution is 4.82. The number of piperazine rings is 1. The van der Waals surface area contributed by atoms with Crippen LogP contribution >= 0.6 is 0 Å². The van der Waals surface area contributed by atoms with E-state index in [4.69, 9.17) is 4.74 Å². The zero-order valence-corrected chi connectivity index (χ0v) is 13.2. The van der Waals surface area contributed by atoms with E-state index in [-0.39, 0.29) is 11.6 Å². The molecule has 0 radical (unpaired) electrons. The van der Waals surface area contributed by atoms with Crippen LogP contribution in [-0.4, -0.2) is 72.5 Å². The first-order valence-corrected chi connectivity index (χ1v) is 7.66. The van der Waals surface area contributed by atoms with E-state index in [0.717, 1.165) is 52.2 Å². The van der Waals surface area contributed by atoms with Crippen LogP contribution in [0, 0.1) is 0 Å². The molecule has 1 aliphatic rings. The monoisotopic (exact) mass is 272 g/mol. The van der Waals surface area contributed by atoms with Crippen LogP contribution in [0.1, 0.15) is 40.5 Å². The third kappa shape index (κ3) is 6.70. The number of hydrogen-bond donors (Lipinski definition) is 1. The van der Waals surface area contributed by atoms with Gasteiger partial charge in [0.1, 0.15) is 0 Å². The van der Waals surface area contributed by atoms with Gasteiger partial charge in [-0.3, -0.25) is 9.80 Å². The van der Waals surface area contributed by atoms with E-state index in [1.807, 2.05) is 0 Å². The lowest BCUT2D eigenvalue weighted by Gasteiger charge is -2.42. The Morgan fingerprint density at radius 3 is 2.32 bits per heavy atom. The van der Waals surface area contributed by atoms with Crippen molar-refractivity contribution < 1.29 is 9.84 Å². The zero-order valence-electron chi connectivity index (χ0n) is 13.2. The van der Waals surface area contributed by atoms with Crippen LogP contribution in [0.2, 0.25) is 0 Å². The quantitative estimate of drug-likeness (QED) is 0.714. The Labute approximate surface area is 118 Å². The topological polar surface area (TPSA) is 35.9 Å². The standard InChI is InChI=1S/C15H32N2O2/c1-5-6-11-19-13-14(18)12-16-7-9-17(10-8-16)15(2,3)4/h14,18H,5-13H2,1-4H3. The largest absolute Gasteiger partial charge is 0.389 e. The smallest absolute Gasteiger partial charge is 0.0900 e. The first-order chi connectivity index (χ1) is 8.93. The molecule has 1 N–H and O–H groups in total. The summed E-state index contributed by atoms with van der Waals surface area (Å²) in [5.74, 6) is 0. The van der Waals surface area contributed by atoms with Crippen LogP contribution in [0.4, 0.5) is 0 Å². The fraction of sp³-hybridized carbons (Fsp3) is 1.00. The summed E-state index contributed by atoms with van der Waals surface area (Å²) >= 11 is 0. The summed E-state index contributed by atoms with van der Waals surface area (Å²) in [6.45, 7) is 15.2. The molecule has 1 unspecified atom stereocenters.